The monoisotopic (exact) mass is 295 g/mol. The summed E-state index contributed by atoms with van der Waals surface area (Å²) in [5.74, 6) is -0.608. The van der Waals surface area contributed by atoms with Crippen LogP contribution in [0, 0.1) is 25.6 Å². The summed E-state index contributed by atoms with van der Waals surface area (Å²) in [6.07, 6.45) is 0.964. The smallest absolute Gasteiger partial charge is 0.318 e. The molecule has 0 aliphatic carbocycles. The molecule has 0 spiro atoms. The predicted molar refractivity (Wildman–Crippen MR) is 72.9 cm³/mol. The van der Waals surface area contributed by atoms with Crippen molar-refractivity contribution in [1.82, 2.24) is 0 Å². The molecule has 0 aromatic heterocycles. The molecule has 9 heteroatoms. The van der Waals surface area contributed by atoms with E-state index in [1.165, 1.54) is 0 Å². The van der Waals surface area contributed by atoms with Crippen LogP contribution in [0.15, 0.2) is 23.4 Å². The Labute approximate surface area is 119 Å². The maximum atomic E-state index is 11.5. The Bertz CT molecular complexity index is 618. The molecule has 0 radical (unpaired) electrons. The largest absolute Gasteiger partial charge is 0.340 e. The first-order valence-electron chi connectivity index (χ1n) is 5.80. The first kappa shape index (κ1) is 16.2. The van der Waals surface area contributed by atoms with E-state index in [4.69, 9.17) is 0 Å². The molecule has 9 nitrogen and oxygen atoms in total. The van der Waals surface area contributed by atoms with E-state index in [0.29, 0.717) is 0 Å². The van der Waals surface area contributed by atoms with Gasteiger partial charge in [0.25, 0.3) is 11.4 Å². The standard InChI is InChI=1S/C12H13N3O6/c1-12(2,3)11(16)21-13-7-8-4-5-9(14(17)18)6-10(8)15(19)20/h4-7H,1-3H3/b13-7+. The lowest BCUT2D eigenvalue weighted by Gasteiger charge is -2.12. The Morgan fingerprint density at radius 3 is 2.33 bits per heavy atom. The Balaban J connectivity index is 3.01. The zero-order chi connectivity index (χ0) is 16.2. The van der Waals surface area contributed by atoms with Crippen LogP contribution in [0.25, 0.3) is 0 Å². The molecule has 1 aromatic rings. The van der Waals surface area contributed by atoms with Crippen molar-refractivity contribution in [2.45, 2.75) is 20.8 Å². The number of nitro benzene ring substituents is 2. The second kappa shape index (κ2) is 6.07. The van der Waals surface area contributed by atoms with Gasteiger partial charge < -0.3 is 4.84 Å². The Hall–Kier alpha value is -2.84. The normalized spacial score (nSPS) is 11.4. The van der Waals surface area contributed by atoms with Crippen LogP contribution in [0.4, 0.5) is 11.4 Å². The topological polar surface area (TPSA) is 125 Å². The van der Waals surface area contributed by atoms with Crippen molar-refractivity contribution in [2.24, 2.45) is 10.6 Å². The second-order valence-corrected chi connectivity index (χ2v) is 5.12. The predicted octanol–water partition coefficient (Wildman–Crippen LogP) is 2.43. The number of hydrogen-bond acceptors (Lipinski definition) is 7. The summed E-state index contributed by atoms with van der Waals surface area (Å²) < 4.78 is 0. The minimum absolute atomic E-state index is 0.00712. The van der Waals surface area contributed by atoms with Crippen molar-refractivity contribution in [3.05, 3.63) is 44.0 Å². The highest BCUT2D eigenvalue weighted by Crippen LogP contribution is 2.23. The van der Waals surface area contributed by atoms with Gasteiger partial charge in [0.05, 0.1) is 33.1 Å². The van der Waals surface area contributed by atoms with Crippen LogP contribution in [-0.2, 0) is 9.63 Å². The van der Waals surface area contributed by atoms with Gasteiger partial charge in [-0.1, -0.05) is 5.16 Å². The lowest BCUT2D eigenvalue weighted by atomic mass is 9.98. The van der Waals surface area contributed by atoms with E-state index in [9.17, 15) is 25.0 Å². The van der Waals surface area contributed by atoms with Crippen LogP contribution in [-0.4, -0.2) is 22.0 Å². The van der Waals surface area contributed by atoms with Crippen molar-refractivity contribution in [3.8, 4) is 0 Å². The molecule has 0 bridgehead atoms. The highest BCUT2D eigenvalue weighted by molar-refractivity contribution is 5.86. The number of carbonyl (C=O) groups is 1. The van der Waals surface area contributed by atoms with Crippen molar-refractivity contribution in [1.29, 1.82) is 0 Å². The molecule has 0 saturated carbocycles. The van der Waals surface area contributed by atoms with Crippen molar-refractivity contribution in [3.63, 3.8) is 0 Å². The van der Waals surface area contributed by atoms with Gasteiger partial charge in [0.1, 0.15) is 0 Å². The molecule has 112 valence electrons. The molecular weight excluding hydrogens is 282 g/mol. The van der Waals surface area contributed by atoms with Crippen molar-refractivity contribution < 1.29 is 19.5 Å². The summed E-state index contributed by atoms with van der Waals surface area (Å²) in [6.45, 7) is 4.87. The molecule has 1 rings (SSSR count). The average molecular weight is 295 g/mol. The summed E-state index contributed by atoms with van der Waals surface area (Å²) >= 11 is 0. The summed E-state index contributed by atoms with van der Waals surface area (Å²) in [4.78, 5) is 36.0. The van der Waals surface area contributed by atoms with Gasteiger partial charge >= 0.3 is 5.97 Å². The molecular formula is C12H13N3O6. The molecule has 1 aromatic carbocycles. The fourth-order valence-electron chi connectivity index (χ4n) is 1.18. The summed E-state index contributed by atoms with van der Waals surface area (Å²) in [5.41, 5.74) is -1.68. The highest BCUT2D eigenvalue weighted by atomic mass is 16.7. The quantitative estimate of drug-likeness (QED) is 0.363. The number of rotatable bonds is 4. The summed E-state index contributed by atoms with van der Waals surface area (Å²) in [5, 5.41) is 24.8. The second-order valence-electron chi connectivity index (χ2n) is 5.12. The van der Waals surface area contributed by atoms with E-state index in [2.05, 4.69) is 9.99 Å². The average Bonchev–Trinajstić information content (AvgIpc) is 2.37. The van der Waals surface area contributed by atoms with Gasteiger partial charge in [0.2, 0.25) is 0 Å². The van der Waals surface area contributed by atoms with E-state index in [1.807, 2.05) is 0 Å². The van der Waals surface area contributed by atoms with Gasteiger partial charge in [-0.15, -0.1) is 0 Å². The van der Waals surface area contributed by atoms with Crippen LogP contribution >= 0.6 is 0 Å². The van der Waals surface area contributed by atoms with Crippen LogP contribution in [0.1, 0.15) is 26.3 Å². The number of nitrogens with zero attached hydrogens (tertiary/aromatic N) is 3. The fourth-order valence-corrected chi connectivity index (χ4v) is 1.18. The number of non-ortho nitro benzene ring substituents is 1. The fraction of sp³-hybridized carbons (Fsp3) is 0.333. The van der Waals surface area contributed by atoms with Crippen LogP contribution in [0.3, 0.4) is 0 Å². The molecule has 0 amide bonds. The van der Waals surface area contributed by atoms with Crippen LogP contribution in [0.5, 0.6) is 0 Å². The molecule has 0 heterocycles. The highest BCUT2D eigenvalue weighted by Gasteiger charge is 2.23. The van der Waals surface area contributed by atoms with E-state index in [0.717, 1.165) is 24.4 Å². The molecule has 21 heavy (non-hydrogen) atoms. The number of nitro groups is 2. The van der Waals surface area contributed by atoms with Gasteiger partial charge in [-0.2, -0.15) is 0 Å². The first-order valence-corrected chi connectivity index (χ1v) is 5.80. The van der Waals surface area contributed by atoms with E-state index < -0.39 is 32.6 Å². The Morgan fingerprint density at radius 1 is 1.24 bits per heavy atom. The van der Waals surface area contributed by atoms with Crippen molar-refractivity contribution >= 4 is 23.6 Å². The summed E-state index contributed by atoms with van der Waals surface area (Å²) in [6, 6.07) is 3.07. The van der Waals surface area contributed by atoms with E-state index in [-0.39, 0.29) is 5.56 Å². The number of hydrogen-bond donors (Lipinski definition) is 0. The van der Waals surface area contributed by atoms with Gasteiger partial charge in [-0.25, -0.2) is 4.79 Å². The molecule has 0 N–H and O–H groups in total. The zero-order valence-electron chi connectivity index (χ0n) is 11.6. The summed E-state index contributed by atoms with van der Waals surface area (Å²) in [7, 11) is 0. The molecule has 0 aliphatic rings. The molecule has 0 unspecified atom stereocenters. The Morgan fingerprint density at radius 2 is 1.86 bits per heavy atom. The SMILES string of the molecule is CC(C)(C)C(=O)O/N=C/c1ccc([N+](=O)[O-])cc1[N+](=O)[O-]. The van der Waals surface area contributed by atoms with Gasteiger partial charge in [0.15, 0.2) is 0 Å². The van der Waals surface area contributed by atoms with E-state index in [1.54, 1.807) is 20.8 Å². The Kier molecular flexibility index (Phi) is 4.69. The number of carbonyl (C=O) groups excluding carboxylic acids is 1. The van der Waals surface area contributed by atoms with E-state index >= 15 is 0 Å². The maximum Gasteiger partial charge on any atom is 0.340 e. The molecule has 0 atom stereocenters. The van der Waals surface area contributed by atoms with Gasteiger partial charge in [-0.05, 0) is 26.8 Å². The first-order chi connectivity index (χ1) is 9.62. The van der Waals surface area contributed by atoms with Gasteiger partial charge in [-0.3, -0.25) is 20.2 Å². The molecule has 0 fully saturated rings. The van der Waals surface area contributed by atoms with Crippen LogP contribution < -0.4 is 0 Å². The van der Waals surface area contributed by atoms with Crippen LogP contribution in [0.2, 0.25) is 0 Å². The van der Waals surface area contributed by atoms with Crippen molar-refractivity contribution in [2.75, 3.05) is 0 Å². The lowest BCUT2D eigenvalue weighted by Crippen LogP contribution is -2.21. The number of oxime groups is 1. The number of benzene rings is 1. The lowest BCUT2D eigenvalue weighted by molar-refractivity contribution is -0.394. The maximum absolute atomic E-state index is 11.5. The van der Waals surface area contributed by atoms with Gasteiger partial charge in [0, 0.05) is 6.07 Å². The third-order valence-electron chi connectivity index (χ3n) is 2.36. The minimum atomic E-state index is -0.778. The third kappa shape index (κ3) is 4.34. The molecule has 0 aliphatic heterocycles. The third-order valence-corrected chi connectivity index (χ3v) is 2.36. The minimum Gasteiger partial charge on any atom is -0.318 e. The molecule has 0 saturated heterocycles. The zero-order valence-corrected chi connectivity index (χ0v) is 11.6.